The van der Waals surface area contributed by atoms with Crippen molar-refractivity contribution in [3.63, 3.8) is 0 Å². The van der Waals surface area contributed by atoms with Crippen LogP contribution in [0.2, 0.25) is 10.0 Å². The van der Waals surface area contributed by atoms with E-state index in [0.29, 0.717) is 16.6 Å². The summed E-state index contributed by atoms with van der Waals surface area (Å²) in [5.74, 6) is -0.178. The molecule has 0 aromatic heterocycles. The highest BCUT2D eigenvalue weighted by molar-refractivity contribution is 6.42. The zero-order chi connectivity index (χ0) is 13.7. The predicted molar refractivity (Wildman–Crippen MR) is 80.0 cm³/mol. The van der Waals surface area contributed by atoms with Gasteiger partial charge in [0.25, 0.3) is 0 Å². The highest BCUT2D eigenvalue weighted by atomic mass is 35.5. The second-order valence-electron chi connectivity index (χ2n) is 4.00. The average molecular weight is 328 g/mol. The number of carbonyl (C=O) groups is 1. The minimum atomic E-state index is -0.650. The second-order valence-corrected chi connectivity index (χ2v) is 4.82. The molecule has 0 aliphatic heterocycles. The number of rotatable bonds is 5. The van der Waals surface area contributed by atoms with Crippen LogP contribution in [0.5, 0.6) is 0 Å². The highest BCUT2D eigenvalue weighted by Crippen LogP contribution is 2.23. The minimum Gasteiger partial charge on any atom is -0.383 e. The molecule has 108 valence electrons. The first-order valence-electron chi connectivity index (χ1n) is 5.39. The fraction of sp³-hybridized carbons (Fsp3) is 0.417. The molecule has 0 aliphatic carbocycles. The molecule has 1 aromatic rings. The molecule has 1 aromatic carbocycles. The van der Waals surface area contributed by atoms with Crippen LogP contribution >= 0.6 is 35.6 Å². The van der Waals surface area contributed by atoms with Gasteiger partial charge in [-0.3, -0.25) is 4.79 Å². The normalized spacial score (nSPS) is 11.6. The maximum atomic E-state index is 11.9. The Labute approximate surface area is 129 Å². The number of ether oxygens (including phenoxy) is 1. The topological polar surface area (TPSA) is 55.6 Å². The van der Waals surface area contributed by atoms with E-state index < -0.39 is 6.04 Å². The Kier molecular flexibility index (Phi) is 8.38. The number of halogens is 3. The molecule has 7 heteroatoms. The zero-order valence-electron chi connectivity index (χ0n) is 10.7. The van der Waals surface area contributed by atoms with E-state index in [1.165, 1.54) is 12.0 Å². The van der Waals surface area contributed by atoms with Crippen LogP contribution in [0.4, 0.5) is 0 Å². The minimum absolute atomic E-state index is 0. The van der Waals surface area contributed by atoms with Gasteiger partial charge in [-0.2, -0.15) is 0 Å². The predicted octanol–water partition coefficient (Wildman–Crippen LogP) is 2.35. The maximum Gasteiger partial charge on any atom is 0.241 e. The summed E-state index contributed by atoms with van der Waals surface area (Å²) < 4.78 is 4.85. The number of likely N-dealkylation sites (N-methyl/N-ethyl adjacent to an activating group) is 1. The monoisotopic (exact) mass is 326 g/mol. The lowest BCUT2D eigenvalue weighted by molar-refractivity contribution is -0.132. The Balaban J connectivity index is 0.00000324. The van der Waals surface area contributed by atoms with Gasteiger partial charge in [-0.05, 0) is 17.7 Å². The van der Waals surface area contributed by atoms with Crippen molar-refractivity contribution in [3.8, 4) is 0 Å². The van der Waals surface area contributed by atoms with E-state index in [1.807, 2.05) is 6.07 Å². The molecule has 0 saturated carbocycles. The van der Waals surface area contributed by atoms with Crippen LogP contribution in [-0.2, 0) is 16.1 Å². The quantitative estimate of drug-likeness (QED) is 0.903. The summed E-state index contributed by atoms with van der Waals surface area (Å²) in [6, 6.07) is 4.60. The standard InChI is InChI=1S/C12H16Cl2N2O2.ClH/c1-16(12(17)11(15)7-18-2)6-8-3-4-9(13)10(14)5-8;/h3-5,11H,6-7,15H2,1-2H3;1H. The number of hydrogen-bond acceptors (Lipinski definition) is 3. The molecule has 1 unspecified atom stereocenters. The van der Waals surface area contributed by atoms with Crippen LogP contribution in [-0.4, -0.2) is 37.6 Å². The number of benzene rings is 1. The lowest BCUT2D eigenvalue weighted by atomic mass is 10.2. The van der Waals surface area contributed by atoms with E-state index in [-0.39, 0.29) is 24.9 Å². The molecule has 0 fully saturated rings. The first-order valence-corrected chi connectivity index (χ1v) is 6.14. The van der Waals surface area contributed by atoms with Crippen molar-refractivity contribution in [1.29, 1.82) is 0 Å². The SMILES string of the molecule is COCC(N)C(=O)N(C)Cc1ccc(Cl)c(Cl)c1.Cl. The Morgan fingerprint density at radius 3 is 2.58 bits per heavy atom. The summed E-state index contributed by atoms with van der Waals surface area (Å²) in [7, 11) is 3.19. The second kappa shape index (κ2) is 8.61. The molecule has 0 saturated heterocycles. The average Bonchev–Trinajstić information content (AvgIpc) is 2.33. The van der Waals surface area contributed by atoms with Crippen LogP contribution in [0.15, 0.2) is 18.2 Å². The zero-order valence-corrected chi connectivity index (χ0v) is 13.1. The fourth-order valence-corrected chi connectivity index (χ4v) is 1.84. The lowest BCUT2D eigenvalue weighted by Gasteiger charge is -2.21. The summed E-state index contributed by atoms with van der Waals surface area (Å²) >= 11 is 11.7. The van der Waals surface area contributed by atoms with Crippen LogP contribution in [0.25, 0.3) is 0 Å². The number of methoxy groups -OCH3 is 1. The van der Waals surface area contributed by atoms with E-state index in [9.17, 15) is 4.79 Å². The number of nitrogens with two attached hydrogens (primary N) is 1. The van der Waals surface area contributed by atoms with Crippen molar-refractivity contribution in [2.45, 2.75) is 12.6 Å². The highest BCUT2D eigenvalue weighted by Gasteiger charge is 2.18. The van der Waals surface area contributed by atoms with Crippen molar-refractivity contribution in [2.24, 2.45) is 5.73 Å². The molecule has 4 nitrogen and oxygen atoms in total. The lowest BCUT2D eigenvalue weighted by Crippen LogP contribution is -2.44. The molecule has 1 atom stereocenters. The molecule has 2 N–H and O–H groups in total. The Morgan fingerprint density at radius 1 is 1.42 bits per heavy atom. The van der Waals surface area contributed by atoms with Gasteiger partial charge in [-0.15, -0.1) is 12.4 Å². The summed E-state index contributed by atoms with van der Waals surface area (Å²) in [6.45, 7) is 0.623. The Morgan fingerprint density at radius 2 is 2.05 bits per heavy atom. The molecule has 1 rings (SSSR count). The van der Waals surface area contributed by atoms with Gasteiger partial charge in [0.15, 0.2) is 0 Å². The van der Waals surface area contributed by atoms with Crippen LogP contribution < -0.4 is 5.73 Å². The summed E-state index contributed by atoms with van der Waals surface area (Å²) in [4.78, 5) is 13.4. The van der Waals surface area contributed by atoms with Crippen LogP contribution in [0.1, 0.15) is 5.56 Å². The van der Waals surface area contributed by atoms with Crippen molar-refractivity contribution in [3.05, 3.63) is 33.8 Å². The maximum absolute atomic E-state index is 11.9. The third kappa shape index (κ3) is 5.55. The molecule has 0 heterocycles. The summed E-state index contributed by atoms with van der Waals surface area (Å²) in [5.41, 5.74) is 6.57. The molecule has 19 heavy (non-hydrogen) atoms. The Bertz CT molecular complexity index is 429. The first-order chi connectivity index (χ1) is 8.45. The van der Waals surface area contributed by atoms with Gasteiger partial charge in [-0.1, -0.05) is 29.3 Å². The van der Waals surface area contributed by atoms with Crippen molar-refractivity contribution in [1.82, 2.24) is 4.90 Å². The molecular formula is C12H17Cl3N2O2. The van der Waals surface area contributed by atoms with E-state index in [2.05, 4.69) is 0 Å². The van der Waals surface area contributed by atoms with Gasteiger partial charge in [0.05, 0.1) is 16.7 Å². The molecule has 0 bridgehead atoms. The molecular weight excluding hydrogens is 311 g/mol. The van der Waals surface area contributed by atoms with Gasteiger partial charge in [0.2, 0.25) is 5.91 Å². The molecule has 0 aliphatic rings. The van der Waals surface area contributed by atoms with Crippen LogP contribution in [0, 0.1) is 0 Å². The van der Waals surface area contributed by atoms with Gasteiger partial charge in [0, 0.05) is 20.7 Å². The van der Waals surface area contributed by atoms with Crippen molar-refractivity contribution < 1.29 is 9.53 Å². The number of carbonyl (C=O) groups excluding carboxylic acids is 1. The summed E-state index contributed by atoms with van der Waals surface area (Å²) in [6.07, 6.45) is 0. The first kappa shape index (κ1) is 18.5. The smallest absolute Gasteiger partial charge is 0.241 e. The van der Waals surface area contributed by atoms with Gasteiger partial charge < -0.3 is 15.4 Å². The van der Waals surface area contributed by atoms with Crippen molar-refractivity contribution in [2.75, 3.05) is 20.8 Å². The van der Waals surface area contributed by atoms with Gasteiger partial charge in [0.1, 0.15) is 6.04 Å². The molecule has 1 amide bonds. The largest absolute Gasteiger partial charge is 0.383 e. The van der Waals surface area contributed by atoms with Crippen molar-refractivity contribution >= 4 is 41.5 Å². The van der Waals surface area contributed by atoms with E-state index in [4.69, 9.17) is 33.7 Å². The number of hydrogen-bond donors (Lipinski definition) is 1. The van der Waals surface area contributed by atoms with E-state index in [1.54, 1.807) is 19.2 Å². The molecule has 0 spiro atoms. The third-order valence-electron chi connectivity index (χ3n) is 2.44. The number of amides is 1. The van der Waals surface area contributed by atoms with E-state index in [0.717, 1.165) is 5.56 Å². The Hall–Kier alpha value is -0.520. The fourth-order valence-electron chi connectivity index (χ4n) is 1.52. The molecule has 0 radical (unpaired) electrons. The van der Waals surface area contributed by atoms with Gasteiger partial charge >= 0.3 is 0 Å². The van der Waals surface area contributed by atoms with Crippen LogP contribution in [0.3, 0.4) is 0 Å². The third-order valence-corrected chi connectivity index (χ3v) is 3.18. The number of nitrogens with zero attached hydrogens (tertiary/aromatic N) is 1. The van der Waals surface area contributed by atoms with Gasteiger partial charge in [-0.25, -0.2) is 0 Å². The summed E-state index contributed by atoms with van der Waals surface area (Å²) in [5, 5.41) is 0.960. The van der Waals surface area contributed by atoms with E-state index >= 15 is 0 Å².